The van der Waals surface area contributed by atoms with Crippen LogP contribution in [0.3, 0.4) is 0 Å². The van der Waals surface area contributed by atoms with Crippen LogP contribution in [0.2, 0.25) is 10.0 Å². The zero-order valence-electron chi connectivity index (χ0n) is 9.13. The molecule has 16 heavy (non-hydrogen) atoms. The molecule has 0 atom stereocenters. The van der Waals surface area contributed by atoms with Gasteiger partial charge in [-0.25, -0.2) is 0 Å². The molecule has 1 aromatic rings. The van der Waals surface area contributed by atoms with Crippen LogP contribution in [0.5, 0.6) is 0 Å². The first-order chi connectivity index (χ1) is 7.65. The summed E-state index contributed by atoms with van der Waals surface area (Å²) < 4.78 is 5.25. The molecule has 0 saturated heterocycles. The molecule has 0 aliphatic rings. The molecule has 0 N–H and O–H groups in total. The second-order valence-corrected chi connectivity index (χ2v) is 4.25. The van der Waals surface area contributed by atoms with Crippen molar-refractivity contribution in [1.29, 1.82) is 0 Å². The van der Waals surface area contributed by atoms with Gasteiger partial charge < -0.3 is 4.74 Å². The highest BCUT2D eigenvalue weighted by Crippen LogP contribution is 2.21. The summed E-state index contributed by atoms with van der Waals surface area (Å²) in [4.78, 5) is 11.8. The Bertz CT molecular complexity index is 364. The van der Waals surface area contributed by atoms with Crippen molar-refractivity contribution in [2.75, 3.05) is 13.2 Å². The standard InChI is InChI=1S/C12H14Cl2O2/c1-2-6-16-7-5-12(15)10-8-9(13)3-4-11(10)14/h3-4,8H,2,5-7H2,1H3. The lowest BCUT2D eigenvalue weighted by Gasteiger charge is -2.04. The summed E-state index contributed by atoms with van der Waals surface area (Å²) in [6.45, 7) is 3.13. The Kier molecular flexibility index (Phi) is 5.81. The fraction of sp³-hybridized carbons (Fsp3) is 0.417. The molecule has 0 aromatic heterocycles. The van der Waals surface area contributed by atoms with Gasteiger partial charge >= 0.3 is 0 Å². The summed E-state index contributed by atoms with van der Waals surface area (Å²) in [5.41, 5.74) is 0.467. The molecular weight excluding hydrogens is 247 g/mol. The quantitative estimate of drug-likeness (QED) is 0.571. The Morgan fingerprint density at radius 1 is 1.31 bits per heavy atom. The molecule has 1 aromatic carbocycles. The van der Waals surface area contributed by atoms with E-state index in [0.717, 1.165) is 6.42 Å². The predicted molar refractivity (Wildman–Crippen MR) is 66.5 cm³/mol. The Balaban J connectivity index is 2.55. The number of hydrogen-bond acceptors (Lipinski definition) is 2. The summed E-state index contributed by atoms with van der Waals surface area (Å²) in [6, 6.07) is 4.88. The highest BCUT2D eigenvalue weighted by molar-refractivity contribution is 6.35. The van der Waals surface area contributed by atoms with Gasteiger partial charge in [-0.2, -0.15) is 0 Å². The monoisotopic (exact) mass is 260 g/mol. The number of Topliss-reactive ketones (excluding diaryl/α,β-unsaturated/α-hetero) is 1. The lowest BCUT2D eigenvalue weighted by atomic mass is 10.1. The molecule has 0 saturated carbocycles. The first kappa shape index (κ1) is 13.5. The number of carbonyl (C=O) groups is 1. The van der Waals surface area contributed by atoms with Crippen LogP contribution in [0, 0.1) is 0 Å². The molecule has 0 fully saturated rings. The summed E-state index contributed by atoms with van der Waals surface area (Å²) >= 11 is 11.7. The van der Waals surface area contributed by atoms with Crippen molar-refractivity contribution in [3.8, 4) is 0 Å². The molecule has 0 amide bonds. The molecule has 0 aliphatic heterocycles. The van der Waals surface area contributed by atoms with Crippen molar-refractivity contribution >= 4 is 29.0 Å². The van der Waals surface area contributed by atoms with Gasteiger partial charge in [-0.05, 0) is 24.6 Å². The Morgan fingerprint density at radius 3 is 2.75 bits per heavy atom. The maximum Gasteiger partial charge on any atom is 0.166 e. The summed E-state index contributed by atoms with van der Waals surface area (Å²) in [6.07, 6.45) is 1.28. The number of benzene rings is 1. The first-order valence-electron chi connectivity index (χ1n) is 5.21. The van der Waals surface area contributed by atoms with Gasteiger partial charge in [-0.15, -0.1) is 0 Å². The van der Waals surface area contributed by atoms with E-state index in [1.807, 2.05) is 6.92 Å². The van der Waals surface area contributed by atoms with E-state index in [1.165, 1.54) is 0 Å². The van der Waals surface area contributed by atoms with Gasteiger partial charge in [-0.1, -0.05) is 30.1 Å². The molecule has 0 heterocycles. The third-order valence-electron chi connectivity index (χ3n) is 2.05. The van der Waals surface area contributed by atoms with E-state index in [9.17, 15) is 4.79 Å². The zero-order chi connectivity index (χ0) is 12.0. The van der Waals surface area contributed by atoms with Crippen molar-refractivity contribution in [2.24, 2.45) is 0 Å². The van der Waals surface area contributed by atoms with Gasteiger partial charge in [0.1, 0.15) is 0 Å². The molecular formula is C12H14Cl2O2. The SMILES string of the molecule is CCCOCCC(=O)c1cc(Cl)ccc1Cl. The smallest absolute Gasteiger partial charge is 0.166 e. The molecule has 0 aliphatic carbocycles. The Morgan fingerprint density at radius 2 is 2.06 bits per heavy atom. The second-order valence-electron chi connectivity index (χ2n) is 3.41. The van der Waals surface area contributed by atoms with Crippen LogP contribution in [-0.4, -0.2) is 19.0 Å². The van der Waals surface area contributed by atoms with E-state index >= 15 is 0 Å². The third-order valence-corrected chi connectivity index (χ3v) is 2.62. The zero-order valence-corrected chi connectivity index (χ0v) is 10.6. The van der Waals surface area contributed by atoms with Crippen molar-refractivity contribution in [3.05, 3.63) is 33.8 Å². The summed E-state index contributed by atoms with van der Waals surface area (Å²) in [7, 11) is 0. The van der Waals surface area contributed by atoms with Gasteiger partial charge in [0.15, 0.2) is 5.78 Å². The van der Waals surface area contributed by atoms with Crippen molar-refractivity contribution in [1.82, 2.24) is 0 Å². The molecule has 1 rings (SSSR count). The van der Waals surface area contributed by atoms with Crippen LogP contribution in [0.1, 0.15) is 30.1 Å². The topological polar surface area (TPSA) is 26.3 Å². The minimum atomic E-state index is -0.0383. The molecule has 0 bridgehead atoms. The molecule has 0 unspecified atom stereocenters. The van der Waals surface area contributed by atoms with Crippen molar-refractivity contribution < 1.29 is 9.53 Å². The fourth-order valence-corrected chi connectivity index (χ4v) is 1.65. The molecule has 4 heteroatoms. The number of rotatable bonds is 6. The highest BCUT2D eigenvalue weighted by atomic mass is 35.5. The fourth-order valence-electron chi connectivity index (χ4n) is 1.26. The lowest BCUT2D eigenvalue weighted by molar-refractivity contribution is 0.0879. The van der Waals surface area contributed by atoms with Gasteiger partial charge in [0.05, 0.1) is 11.6 Å². The normalized spacial score (nSPS) is 10.4. The maximum atomic E-state index is 11.8. The highest BCUT2D eigenvalue weighted by Gasteiger charge is 2.10. The Labute approximate surface area is 106 Å². The van der Waals surface area contributed by atoms with Crippen molar-refractivity contribution in [3.63, 3.8) is 0 Å². The predicted octanol–water partition coefficient (Wildman–Crippen LogP) is 3.99. The van der Waals surface area contributed by atoms with Crippen LogP contribution in [0.15, 0.2) is 18.2 Å². The minimum absolute atomic E-state index is 0.0383. The van der Waals surface area contributed by atoms with E-state index in [0.29, 0.717) is 35.2 Å². The largest absolute Gasteiger partial charge is 0.381 e. The average molecular weight is 261 g/mol. The molecule has 0 spiro atoms. The minimum Gasteiger partial charge on any atom is -0.381 e. The summed E-state index contributed by atoms with van der Waals surface area (Å²) in [5.74, 6) is -0.0383. The average Bonchev–Trinajstić information content (AvgIpc) is 2.27. The van der Waals surface area contributed by atoms with E-state index in [-0.39, 0.29) is 5.78 Å². The number of ether oxygens (including phenoxy) is 1. The first-order valence-corrected chi connectivity index (χ1v) is 5.96. The van der Waals surface area contributed by atoms with Crippen LogP contribution in [0.4, 0.5) is 0 Å². The Hall–Kier alpha value is -0.570. The van der Waals surface area contributed by atoms with Crippen LogP contribution in [-0.2, 0) is 4.74 Å². The van der Waals surface area contributed by atoms with Crippen LogP contribution >= 0.6 is 23.2 Å². The maximum absolute atomic E-state index is 11.8. The number of ketones is 1. The second kappa shape index (κ2) is 6.89. The van der Waals surface area contributed by atoms with Crippen molar-refractivity contribution in [2.45, 2.75) is 19.8 Å². The van der Waals surface area contributed by atoms with Gasteiger partial charge in [0, 0.05) is 23.6 Å². The lowest BCUT2D eigenvalue weighted by Crippen LogP contribution is -2.06. The van der Waals surface area contributed by atoms with Crippen LogP contribution < -0.4 is 0 Å². The number of hydrogen-bond donors (Lipinski definition) is 0. The van der Waals surface area contributed by atoms with Gasteiger partial charge in [-0.3, -0.25) is 4.79 Å². The number of carbonyl (C=O) groups excluding carboxylic acids is 1. The van der Waals surface area contributed by atoms with E-state index < -0.39 is 0 Å². The molecule has 88 valence electrons. The van der Waals surface area contributed by atoms with Gasteiger partial charge in [0.2, 0.25) is 0 Å². The van der Waals surface area contributed by atoms with E-state index in [1.54, 1.807) is 18.2 Å². The van der Waals surface area contributed by atoms with E-state index in [2.05, 4.69) is 0 Å². The molecule has 0 radical (unpaired) electrons. The summed E-state index contributed by atoms with van der Waals surface area (Å²) in [5, 5.41) is 0.951. The molecule has 2 nitrogen and oxygen atoms in total. The van der Waals surface area contributed by atoms with Gasteiger partial charge in [0.25, 0.3) is 0 Å². The van der Waals surface area contributed by atoms with Crippen LogP contribution in [0.25, 0.3) is 0 Å². The number of halogens is 2. The van der Waals surface area contributed by atoms with E-state index in [4.69, 9.17) is 27.9 Å². The third kappa shape index (κ3) is 4.12.